The number of likely N-dealkylation sites (tertiary alicyclic amines) is 1. The van der Waals surface area contributed by atoms with Crippen LogP contribution >= 0.6 is 11.3 Å². The number of ether oxygens (including phenoxy) is 1. The molecular weight excluding hydrogens is 314 g/mol. The Kier molecular flexibility index (Phi) is 3.65. The molecule has 3 aliphatic rings. The minimum atomic E-state index is -0.167. The van der Waals surface area contributed by atoms with Crippen LogP contribution in [-0.4, -0.2) is 47.5 Å². The van der Waals surface area contributed by atoms with Crippen molar-refractivity contribution in [1.82, 2.24) is 9.88 Å². The number of rotatable bonds is 3. The van der Waals surface area contributed by atoms with Crippen molar-refractivity contribution in [2.45, 2.75) is 38.6 Å². The first-order valence-corrected chi connectivity index (χ1v) is 9.09. The summed E-state index contributed by atoms with van der Waals surface area (Å²) in [5.74, 6) is 0.491. The Hall–Kier alpha value is -1.47. The Morgan fingerprint density at radius 1 is 1.39 bits per heavy atom. The van der Waals surface area contributed by atoms with Crippen LogP contribution in [0.25, 0.3) is 0 Å². The molecule has 1 aromatic heterocycles. The molecule has 0 unspecified atom stereocenters. The van der Waals surface area contributed by atoms with E-state index in [1.54, 1.807) is 5.38 Å². The number of carbonyl (C=O) groups excluding carboxylic acids is 2. The summed E-state index contributed by atoms with van der Waals surface area (Å²) in [6, 6.07) is 0.352. The third-order valence-electron chi connectivity index (χ3n) is 5.27. The predicted octanol–water partition coefficient (Wildman–Crippen LogP) is 2.13. The fourth-order valence-electron chi connectivity index (χ4n) is 4.07. The maximum absolute atomic E-state index is 12.8. The first-order chi connectivity index (χ1) is 11.1. The molecule has 4 rings (SSSR count). The van der Waals surface area contributed by atoms with E-state index < -0.39 is 0 Å². The first-order valence-electron chi connectivity index (χ1n) is 8.21. The van der Waals surface area contributed by atoms with Gasteiger partial charge >= 0.3 is 0 Å². The molecule has 1 N–H and O–H groups in total. The molecule has 1 aromatic rings. The zero-order valence-electron chi connectivity index (χ0n) is 13.2. The number of anilines is 1. The van der Waals surface area contributed by atoms with Crippen molar-refractivity contribution >= 4 is 28.3 Å². The summed E-state index contributed by atoms with van der Waals surface area (Å²) < 4.78 is 5.52. The SMILES string of the molecule is CC(=O)Nc1nc(C(=O)N2CC3(CCOCC3)[C@@H]2C2CC2)cs1. The van der Waals surface area contributed by atoms with Gasteiger partial charge in [0.1, 0.15) is 5.69 Å². The van der Waals surface area contributed by atoms with E-state index in [2.05, 4.69) is 10.3 Å². The molecule has 2 amide bonds. The van der Waals surface area contributed by atoms with Crippen LogP contribution in [-0.2, 0) is 9.53 Å². The quantitative estimate of drug-likeness (QED) is 0.918. The number of hydrogen-bond acceptors (Lipinski definition) is 5. The molecular formula is C16H21N3O3S. The van der Waals surface area contributed by atoms with E-state index >= 15 is 0 Å². The largest absolute Gasteiger partial charge is 0.381 e. The van der Waals surface area contributed by atoms with Gasteiger partial charge in [0.05, 0.1) is 0 Å². The van der Waals surface area contributed by atoms with Crippen LogP contribution in [0, 0.1) is 11.3 Å². The predicted molar refractivity (Wildman–Crippen MR) is 86.5 cm³/mol. The number of amides is 2. The van der Waals surface area contributed by atoms with Gasteiger partial charge in [-0.15, -0.1) is 11.3 Å². The number of carbonyl (C=O) groups is 2. The fourth-order valence-corrected chi connectivity index (χ4v) is 4.80. The molecule has 7 heteroatoms. The molecule has 3 heterocycles. The normalized spacial score (nSPS) is 26.0. The maximum Gasteiger partial charge on any atom is 0.273 e. The molecule has 0 aromatic carbocycles. The molecule has 0 radical (unpaired) electrons. The third-order valence-corrected chi connectivity index (χ3v) is 6.03. The molecule has 2 aliphatic heterocycles. The highest BCUT2D eigenvalue weighted by atomic mass is 32.1. The lowest BCUT2D eigenvalue weighted by atomic mass is 9.64. The van der Waals surface area contributed by atoms with Gasteiger partial charge in [-0.05, 0) is 31.6 Å². The summed E-state index contributed by atoms with van der Waals surface area (Å²) in [7, 11) is 0. The Bertz CT molecular complexity index is 634. The van der Waals surface area contributed by atoms with Crippen molar-refractivity contribution in [3.63, 3.8) is 0 Å². The lowest BCUT2D eigenvalue weighted by Crippen LogP contribution is -2.68. The van der Waals surface area contributed by atoms with Gasteiger partial charge in [0.15, 0.2) is 5.13 Å². The Labute approximate surface area is 139 Å². The van der Waals surface area contributed by atoms with E-state index in [1.165, 1.54) is 31.1 Å². The Morgan fingerprint density at radius 2 is 2.13 bits per heavy atom. The number of nitrogens with one attached hydrogen (secondary N) is 1. The van der Waals surface area contributed by atoms with Gasteiger partial charge in [-0.2, -0.15) is 0 Å². The number of aromatic nitrogens is 1. The van der Waals surface area contributed by atoms with Crippen LogP contribution in [0.1, 0.15) is 43.1 Å². The van der Waals surface area contributed by atoms with E-state index in [4.69, 9.17) is 4.74 Å². The summed E-state index contributed by atoms with van der Waals surface area (Å²) in [6.45, 7) is 3.89. The zero-order chi connectivity index (χ0) is 16.0. The molecule has 1 spiro atoms. The standard InChI is InChI=1S/C16H21N3O3S/c1-10(20)17-15-18-12(8-23-15)14(21)19-9-16(4-6-22-7-5-16)13(19)11-2-3-11/h8,11,13H,2-7,9H2,1H3,(H,17,18,20)/t13-/m0/s1. The maximum atomic E-state index is 12.8. The first kappa shape index (κ1) is 15.1. The summed E-state index contributed by atoms with van der Waals surface area (Å²) in [6.07, 6.45) is 4.58. The van der Waals surface area contributed by atoms with Crippen LogP contribution in [0.4, 0.5) is 5.13 Å². The third kappa shape index (κ3) is 2.65. The van der Waals surface area contributed by atoms with Crippen LogP contribution in [0.2, 0.25) is 0 Å². The molecule has 23 heavy (non-hydrogen) atoms. The number of thiazole rings is 1. The van der Waals surface area contributed by atoms with Gasteiger partial charge in [0.25, 0.3) is 5.91 Å². The van der Waals surface area contributed by atoms with E-state index in [0.29, 0.717) is 22.8 Å². The van der Waals surface area contributed by atoms with Gasteiger partial charge in [0, 0.05) is 43.5 Å². The minimum absolute atomic E-state index is 0.00636. The van der Waals surface area contributed by atoms with Crippen molar-refractivity contribution in [3.8, 4) is 0 Å². The highest BCUT2D eigenvalue weighted by Gasteiger charge is 2.59. The average Bonchev–Trinajstić information content (AvgIpc) is 3.22. The molecule has 1 aliphatic carbocycles. The lowest BCUT2D eigenvalue weighted by molar-refractivity contribution is -0.120. The topological polar surface area (TPSA) is 71.5 Å². The van der Waals surface area contributed by atoms with Crippen LogP contribution in [0.5, 0.6) is 0 Å². The van der Waals surface area contributed by atoms with E-state index in [1.807, 2.05) is 4.90 Å². The van der Waals surface area contributed by atoms with E-state index in [-0.39, 0.29) is 17.2 Å². The van der Waals surface area contributed by atoms with Crippen molar-refractivity contribution in [2.24, 2.45) is 11.3 Å². The molecule has 1 atom stereocenters. The van der Waals surface area contributed by atoms with Gasteiger partial charge in [-0.25, -0.2) is 4.98 Å². The molecule has 6 nitrogen and oxygen atoms in total. The highest BCUT2D eigenvalue weighted by molar-refractivity contribution is 7.14. The van der Waals surface area contributed by atoms with Gasteiger partial charge in [0.2, 0.25) is 5.91 Å². The molecule has 2 saturated heterocycles. The van der Waals surface area contributed by atoms with Gasteiger partial charge in [-0.1, -0.05) is 0 Å². The zero-order valence-corrected chi connectivity index (χ0v) is 14.0. The Balaban J connectivity index is 1.50. The summed E-state index contributed by atoms with van der Waals surface area (Å²) in [5.41, 5.74) is 0.720. The molecule has 1 saturated carbocycles. The smallest absolute Gasteiger partial charge is 0.273 e. The molecule has 3 fully saturated rings. The number of hydrogen-bond donors (Lipinski definition) is 1. The fraction of sp³-hybridized carbons (Fsp3) is 0.688. The summed E-state index contributed by atoms with van der Waals surface area (Å²) >= 11 is 1.30. The average molecular weight is 335 g/mol. The molecule has 124 valence electrons. The van der Waals surface area contributed by atoms with Crippen LogP contribution < -0.4 is 5.32 Å². The van der Waals surface area contributed by atoms with Crippen LogP contribution in [0.3, 0.4) is 0 Å². The van der Waals surface area contributed by atoms with Crippen molar-refractivity contribution in [3.05, 3.63) is 11.1 Å². The van der Waals surface area contributed by atoms with Crippen molar-refractivity contribution in [2.75, 3.05) is 25.1 Å². The lowest BCUT2D eigenvalue weighted by Gasteiger charge is -2.59. The van der Waals surface area contributed by atoms with Crippen molar-refractivity contribution in [1.29, 1.82) is 0 Å². The molecule has 0 bridgehead atoms. The van der Waals surface area contributed by atoms with E-state index in [9.17, 15) is 9.59 Å². The second-order valence-electron chi connectivity index (χ2n) is 6.91. The number of nitrogens with zero attached hydrogens (tertiary/aromatic N) is 2. The highest BCUT2D eigenvalue weighted by Crippen LogP contribution is 2.55. The van der Waals surface area contributed by atoms with Gasteiger partial charge < -0.3 is 15.0 Å². The van der Waals surface area contributed by atoms with Crippen molar-refractivity contribution < 1.29 is 14.3 Å². The minimum Gasteiger partial charge on any atom is -0.381 e. The second kappa shape index (κ2) is 5.56. The summed E-state index contributed by atoms with van der Waals surface area (Å²) in [4.78, 5) is 30.2. The van der Waals surface area contributed by atoms with E-state index in [0.717, 1.165) is 32.6 Å². The van der Waals surface area contributed by atoms with Gasteiger partial charge in [-0.3, -0.25) is 9.59 Å². The Morgan fingerprint density at radius 3 is 2.78 bits per heavy atom. The van der Waals surface area contributed by atoms with Crippen LogP contribution in [0.15, 0.2) is 5.38 Å². The summed E-state index contributed by atoms with van der Waals surface area (Å²) in [5, 5.41) is 4.87. The second-order valence-corrected chi connectivity index (χ2v) is 7.77. The monoisotopic (exact) mass is 335 g/mol.